The van der Waals surface area contributed by atoms with E-state index < -0.39 is 16.0 Å². The van der Waals surface area contributed by atoms with Crippen molar-refractivity contribution in [1.29, 1.82) is 0 Å². The summed E-state index contributed by atoms with van der Waals surface area (Å²) in [4.78, 5) is 12.8. The van der Waals surface area contributed by atoms with Crippen molar-refractivity contribution in [2.24, 2.45) is 0 Å². The summed E-state index contributed by atoms with van der Waals surface area (Å²) in [6, 6.07) is 15.3. The predicted octanol–water partition coefficient (Wildman–Crippen LogP) is 4.17. The molecule has 1 aliphatic carbocycles. The number of nitrogens with zero attached hydrogens (tertiary/aromatic N) is 1. The smallest absolute Gasteiger partial charge is 0.321 e. The molecular formula is C25H33NO6S. The molecule has 0 atom stereocenters. The first-order chi connectivity index (χ1) is 15.9. The van der Waals surface area contributed by atoms with Gasteiger partial charge in [0.1, 0.15) is 18.9 Å². The molecule has 7 nitrogen and oxygen atoms in total. The molecule has 2 aromatic carbocycles. The van der Waals surface area contributed by atoms with Gasteiger partial charge in [0, 0.05) is 12.6 Å². The first-order valence-electron chi connectivity index (χ1n) is 11.4. The lowest BCUT2D eigenvalue weighted by Gasteiger charge is -2.35. The van der Waals surface area contributed by atoms with Gasteiger partial charge in [-0.1, -0.05) is 37.3 Å². The number of carbonyl (C=O) groups is 1. The van der Waals surface area contributed by atoms with Crippen LogP contribution in [0.2, 0.25) is 0 Å². The molecule has 0 amide bonds. The highest BCUT2D eigenvalue weighted by atomic mass is 32.2. The average molecular weight is 476 g/mol. The van der Waals surface area contributed by atoms with Gasteiger partial charge in [-0.2, -0.15) is 4.31 Å². The second-order valence-electron chi connectivity index (χ2n) is 8.17. The summed E-state index contributed by atoms with van der Waals surface area (Å²) in [5, 5.41) is 0. The standard InChI is InChI=1S/C25H33NO6S/c1-3-17-31-23-11-9-21(10-12-23)26(18-25(27)32-19-20-7-5-4-6-8-20)33(28,29)24-15-13-22(30-2)14-16-24/h4-8,13-16,21,23H,3,9-12,17-19H2,1-2H3. The van der Waals surface area contributed by atoms with Crippen LogP contribution >= 0.6 is 0 Å². The second kappa shape index (κ2) is 12.2. The normalized spacial score (nSPS) is 18.8. The van der Waals surface area contributed by atoms with Crippen LogP contribution in [0.3, 0.4) is 0 Å². The zero-order chi connectivity index (χ0) is 23.7. The van der Waals surface area contributed by atoms with Gasteiger partial charge in [0.15, 0.2) is 0 Å². The average Bonchev–Trinajstić information content (AvgIpc) is 2.85. The Hall–Kier alpha value is -2.42. The highest BCUT2D eigenvalue weighted by molar-refractivity contribution is 7.89. The van der Waals surface area contributed by atoms with E-state index in [9.17, 15) is 13.2 Å². The molecule has 0 heterocycles. The minimum atomic E-state index is -3.90. The van der Waals surface area contributed by atoms with Crippen LogP contribution in [0.1, 0.15) is 44.6 Å². The van der Waals surface area contributed by atoms with Gasteiger partial charge >= 0.3 is 5.97 Å². The van der Waals surface area contributed by atoms with Crippen molar-refractivity contribution in [3.63, 3.8) is 0 Å². The molecule has 0 radical (unpaired) electrons. The van der Waals surface area contributed by atoms with E-state index in [2.05, 4.69) is 6.92 Å². The number of methoxy groups -OCH3 is 1. The van der Waals surface area contributed by atoms with Crippen molar-refractivity contribution in [2.75, 3.05) is 20.3 Å². The summed E-state index contributed by atoms with van der Waals surface area (Å²) in [7, 11) is -2.38. The lowest BCUT2D eigenvalue weighted by Crippen LogP contribution is -2.46. The minimum absolute atomic E-state index is 0.105. The number of carbonyl (C=O) groups excluding carboxylic acids is 1. The number of hydrogen-bond acceptors (Lipinski definition) is 6. The summed E-state index contributed by atoms with van der Waals surface area (Å²) in [6.45, 7) is 2.55. The Morgan fingerprint density at radius 3 is 2.27 bits per heavy atom. The van der Waals surface area contributed by atoms with Gasteiger partial charge in [-0.05, 0) is 61.9 Å². The van der Waals surface area contributed by atoms with Crippen molar-refractivity contribution in [3.8, 4) is 5.75 Å². The van der Waals surface area contributed by atoms with Crippen molar-refractivity contribution >= 4 is 16.0 Å². The third-order valence-corrected chi connectivity index (χ3v) is 7.71. The van der Waals surface area contributed by atoms with Crippen LogP contribution in [0.25, 0.3) is 0 Å². The van der Waals surface area contributed by atoms with Crippen LogP contribution < -0.4 is 4.74 Å². The summed E-state index contributed by atoms with van der Waals surface area (Å²) in [6.07, 6.45) is 3.88. The van der Waals surface area contributed by atoms with Gasteiger partial charge in [-0.25, -0.2) is 8.42 Å². The Morgan fingerprint density at radius 1 is 1.00 bits per heavy atom. The van der Waals surface area contributed by atoms with Gasteiger partial charge in [0.25, 0.3) is 0 Å². The lowest BCUT2D eigenvalue weighted by atomic mass is 9.93. The fourth-order valence-electron chi connectivity index (χ4n) is 3.99. The van der Waals surface area contributed by atoms with Gasteiger partial charge in [0.2, 0.25) is 10.0 Å². The number of rotatable bonds is 11. The van der Waals surface area contributed by atoms with Gasteiger partial charge in [0.05, 0.1) is 18.1 Å². The first-order valence-corrected chi connectivity index (χ1v) is 12.8. The Morgan fingerprint density at radius 2 is 1.67 bits per heavy atom. The molecular weight excluding hydrogens is 442 g/mol. The van der Waals surface area contributed by atoms with Crippen molar-refractivity contribution in [1.82, 2.24) is 4.31 Å². The molecule has 0 unspecified atom stereocenters. The van der Waals surface area contributed by atoms with E-state index in [-0.39, 0.29) is 30.2 Å². The third kappa shape index (κ3) is 7.03. The maximum atomic E-state index is 13.5. The fourth-order valence-corrected chi connectivity index (χ4v) is 5.62. The van der Waals surface area contributed by atoms with E-state index in [4.69, 9.17) is 14.2 Å². The number of benzene rings is 2. The SMILES string of the molecule is CCCOC1CCC(N(CC(=O)OCc2ccccc2)S(=O)(=O)c2ccc(OC)cc2)CC1. The highest BCUT2D eigenvalue weighted by Crippen LogP contribution is 2.30. The Bertz CT molecular complexity index is 970. The second-order valence-corrected chi connectivity index (χ2v) is 10.1. The molecule has 0 aromatic heterocycles. The maximum absolute atomic E-state index is 13.5. The van der Waals surface area contributed by atoms with E-state index in [1.54, 1.807) is 12.1 Å². The predicted molar refractivity (Wildman–Crippen MR) is 125 cm³/mol. The molecule has 2 aromatic rings. The molecule has 0 spiro atoms. The van der Waals surface area contributed by atoms with Crippen LogP contribution in [-0.4, -0.2) is 51.1 Å². The monoisotopic (exact) mass is 475 g/mol. The maximum Gasteiger partial charge on any atom is 0.321 e. The molecule has 8 heteroatoms. The molecule has 1 fully saturated rings. The topological polar surface area (TPSA) is 82.1 Å². The Balaban J connectivity index is 1.74. The quantitative estimate of drug-likeness (QED) is 0.454. The van der Waals surface area contributed by atoms with Crippen molar-refractivity contribution in [2.45, 2.75) is 62.7 Å². The van der Waals surface area contributed by atoms with E-state index in [1.165, 1.54) is 23.5 Å². The summed E-state index contributed by atoms with van der Waals surface area (Å²) >= 11 is 0. The minimum Gasteiger partial charge on any atom is -0.497 e. The zero-order valence-corrected chi connectivity index (χ0v) is 20.1. The van der Waals surface area contributed by atoms with Gasteiger partial charge < -0.3 is 14.2 Å². The molecule has 0 bridgehead atoms. The molecule has 0 saturated heterocycles. The summed E-state index contributed by atoms with van der Waals surface area (Å²) < 4.78 is 44.8. The van der Waals surface area contributed by atoms with Crippen LogP contribution in [-0.2, 0) is 30.9 Å². The third-order valence-electron chi connectivity index (χ3n) is 5.80. The fraction of sp³-hybridized carbons (Fsp3) is 0.480. The molecule has 1 aliphatic rings. The van der Waals surface area contributed by atoms with Crippen LogP contribution in [0, 0.1) is 0 Å². The molecule has 1 saturated carbocycles. The van der Waals surface area contributed by atoms with Gasteiger partial charge in [-0.3, -0.25) is 4.79 Å². The van der Waals surface area contributed by atoms with E-state index in [0.717, 1.165) is 24.8 Å². The van der Waals surface area contributed by atoms with Crippen LogP contribution in [0.4, 0.5) is 0 Å². The highest BCUT2D eigenvalue weighted by Gasteiger charge is 2.36. The number of esters is 1. The number of hydrogen-bond donors (Lipinski definition) is 0. The molecule has 0 N–H and O–H groups in total. The van der Waals surface area contributed by atoms with E-state index in [1.807, 2.05) is 30.3 Å². The zero-order valence-electron chi connectivity index (χ0n) is 19.3. The van der Waals surface area contributed by atoms with E-state index >= 15 is 0 Å². The Kier molecular flexibility index (Phi) is 9.29. The summed E-state index contributed by atoms with van der Waals surface area (Å²) in [5.74, 6) is -0.00310. The van der Waals surface area contributed by atoms with Gasteiger partial charge in [-0.15, -0.1) is 0 Å². The Labute approximate surface area is 196 Å². The molecule has 3 rings (SSSR count). The van der Waals surface area contributed by atoms with Crippen molar-refractivity contribution < 1.29 is 27.4 Å². The molecule has 0 aliphatic heterocycles. The summed E-state index contributed by atoms with van der Waals surface area (Å²) in [5.41, 5.74) is 0.851. The largest absolute Gasteiger partial charge is 0.497 e. The lowest BCUT2D eigenvalue weighted by molar-refractivity contribution is -0.145. The van der Waals surface area contributed by atoms with Crippen LogP contribution in [0.15, 0.2) is 59.5 Å². The molecule has 33 heavy (non-hydrogen) atoms. The van der Waals surface area contributed by atoms with Crippen molar-refractivity contribution in [3.05, 3.63) is 60.2 Å². The molecule has 180 valence electrons. The number of ether oxygens (including phenoxy) is 3. The van der Waals surface area contributed by atoms with Crippen LogP contribution in [0.5, 0.6) is 5.75 Å². The number of sulfonamides is 1. The first kappa shape index (κ1) is 25.2. The van der Waals surface area contributed by atoms with E-state index in [0.29, 0.717) is 25.2 Å².